The second-order valence-electron chi connectivity index (χ2n) is 4.97. The molecule has 1 aromatic carbocycles. The van der Waals surface area contributed by atoms with Crippen molar-refractivity contribution in [3.8, 4) is 0 Å². The normalized spacial score (nSPS) is 12.6. The van der Waals surface area contributed by atoms with E-state index >= 15 is 0 Å². The van der Waals surface area contributed by atoms with Crippen LogP contribution < -0.4 is 5.32 Å². The van der Waals surface area contributed by atoms with E-state index in [-0.39, 0.29) is 16.9 Å². The Morgan fingerprint density at radius 2 is 2.05 bits per heavy atom. The molecule has 0 spiro atoms. The molecule has 0 amide bonds. The summed E-state index contributed by atoms with van der Waals surface area (Å²) in [5.74, 6) is -0.299. The molecule has 0 aromatic heterocycles. The van der Waals surface area contributed by atoms with E-state index in [4.69, 9.17) is 16.3 Å². The molecule has 0 saturated carbocycles. The molecule has 0 radical (unpaired) electrons. The van der Waals surface area contributed by atoms with E-state index in [1.807, 2.05) is 0 Å². The zero-order valence-corrected chi connectivity index (χ0v) is 13.2. The fraction of sp³-hybridized carbons (Fsp3) is 0.625. The molecule has 0 saturated heterocycles. The predicted molar refractivity (Wildman–Crippen MR) is 82.9 cm³/mol. The lowest BCUT2D eigenvalue weighted by Crippen LogP contribution is -2.33. The number of hydrogen-bond acceptors (Lipinski definition) is 2. The molecule has 0 bridgehead atoms. The average Bonchev–Trinajstić information content (AvgIpc) is 2.45. The fourth-order valence-electron chi connectivity index (χ4n) is 2.07. The molecule has 0 aliphatic rings. The molecular weight excluding hydrogens is 277 g/mol. The van der Waals surface area contributed by atoms with Crippen LogP contribution in [0.5, 0.6) is 0 Å². The molecule has 0 fully saturated rings. The van der Waals surface area contributed by atoms with Gasteiger partial charge in [-0.1, -0.05) is 37.6 Å². The minimum atomic E-state index is -0.299. The van der Waals surface area contributed by atoms with Gasteiger partial charge in [0.1, 0.15) is 5.82 Å². The van der Waals surface area contributed by atoms with Gasteiger partial charge in [0.2, 0.25) is 0 Å². The number of benzene rings is 1. The van der Waals surface area contributed by atoms with Crippen molar-refractivity contribution in [1.82, 2.24) is 5.32 Å². The molecule has 1 unspecified atom stereocenters. The van der Waals surface area contributed by atoms with E-state index in [0.717, 1.165) is 32.4 Å². The summed E-state index contributed by atoms with van der Waals surface area (Å²) < 4.78 is 19.5. The molecule has 0 heterocycles. The number of hydrogen-bond donors (Lipinski definition) is 1. The van der Waals surface area contributed by atoms with Crippen molar-refractivity contribution in [3.63, 3.8) is 0 Å². The standard InChI is InChI=1S/C16H25ClFNO/c1-3-9-19-14(8-11-20-10-4-2)12-13-6-5-7-15(17)16(13)18/h5-7,14,19H,3-4,8-12H2,1-2H3. The first-order valence-electron chi connectivity index (χ1n) is 7.43. The summed E-state index contributed by atoms with van der Waals surface area (Å²) in [4.78, 5) is 0. The minimum Gasteiger partial charge on any atom is -0.381 e. The van der Waals surface area contributed by atoms with E-state index in [2.05, 4.69) is 19.2 Å². The van der Waals surface area contributed by atoms with Crippen LogP contribution in [0.4, 0.5) is 4.39 Å². The minimum absolute atomic E-state index is 0.193. The van der Waals surface area contributed by atoms with Gasteiger partial charge < -0.3 is 10.1 Å². The fourth-order valence-corrected chi connectivity index (χ4v) is 2.26. The van der Waals surface area contributed by atoms with Gasteiger partial charge in [0, 0.05) is 19.3 Å². The lowest BCUT2D eigenvalue weighted by atomic mass is 10.0. The third-order valence-corrected chi connectivity index (χ3v) is 3.43. The average molecular weight is 302 g/mol. The first-order valence-corrected chi connectivity index (χ1v) is 7.80. The molecule has 1 N–H and O–H groups in total. The van der Waals surface area contributed by atoms with Crippen molar-refractivity contribution in [2.24, 2.45) is 0 Å². The van der Waals surface area contributed by atoms with E-state index in [1.54, 1.807) is 18.2 Å². The second-order valence-corrected chi connectivity index (χ2v) is 5.38. The van der Waals surface area contributed by atoms with Crippen molar-refractivity contribution >= 4 is 11.6 Å². The van der Waals surface area contributed by atoms with Gasteiger partial charge in [-0.05, 0) is 43.9 Å². The zero-order valence-electron chi connectivity index (χ0n) is 12.4. The summed E-state index contributed by atoms with van der Waals surface area (Å²) in [6.07, 6.45) is 3.61. The van der Waals surface area contributed by atoms with Gasteiger partial charge in [-0.3, -0.25) is 0 Å². The first kappa shape index (κ1) is 17.4. The topological polar surface area (TPSA) is 21.3 Å². The summed E-state index contributed by atoms with van der Waals surface area (Å²) in [7, 11) is 0. The molecule has 2 nitrogen and oxygen atoms in total. The van der Waals surface area contributed by atoms with Crippen LogP contribution in [0.3, 0.4) is 0 Å². The van der Waals surface area contributed by atoms with E-state index in [0.29, 0.717) is 18.6 Å². The van der Waals surface area contributed by atoms with Crippen molar-refractivity contribution in [3.05, 3.63) is 34.6 Å². The molecule has 1 rings (SSSR count). The van der Waals surface area contributed by atoms with Gasteiger partial charge in [-0.15, -0.1) is 0 Å². The lowest BCUT2D eigenvalue weighted by Gasteiger charge is -2.19. The molecule has 20 heavy (non-hydrogen) atoms. The maximum atomic E-state index is 13.9. The Hall–Kier alpha value is -0.640. The monoisotopic (exact) mass is 301 g/mol. The maximum Gasteiger partial charge on any atom is 0.145 e. The lowest BCUT2D eigenvalue weighted by molar-refractivity contribution is 0.124. The Balaban J connectivity index is 2.56. The SMILES string of the molecule is CCCNC(CCOCCC)Cc1cccc(Cl)c1F. The van der Waals surface area contributed by atoms with Crippen molar-refractivity contribution in [1.29, 1.82) is 0 Å². The predicted octanol–water partition coefficient (Wildman–Crippen LogP) is 4.21. The van der Waals surface area contributed by atoms with Crippen molar-refractivity contribution < 1.29 is 9.13 Å². The van der Waals surface area contributed by atoms with Gasteiger partial charge in [0.05, 0.1) is 5.02 Å². The smallest absolute Gasteiger partial charge is 0.145 e. The molecule has 0 aliphatic carbocycles. The molecule has 114 valence electrons. The molecular formula is C16H25ClFNO. The number of ether oxygens (including phenoxy) is 1. The molecule has 4 heteroatoms. The van der Waals surface area contributed by atoms with Gasteiger partial charge in [0.25, 0.3) is 0 Å². The summed E-state index contributed by atoms with van der Waals surface area (Å²) in [6.45, 7) is 6.63. The van der Waals surface area contributed by atoms with E-state index < -0.39 is 0 Å². The number of rotatable bonds is 10. The largest absolute Gasteiger partial charge is 0.381 e. The summed E-state index contributed by atoms with van der Waals surface area (Å²) in [5.41, 5.74) is 0.668. The Morgan fingerprint density at radius 1 is 1.25 bits per heavy atom. The van der Waals surface area contributed by atoms with Crippen molar-refractivity contribution in [2.75, 3.05) is 19.8 Å². The molecule has 1 atom stereocenters. The number of nitrogens with one attached hydrogen (secondary N) is 1. The van der Waals surface area contributed by atoms with Crippen LogP contribution in [0.25, 0.3) is 0 Å². The first-order chi connectivity index (χ1) is 9.69. The zero-order chi connectivity index (χ0) is 14.8. The summed E-state index contributed by atoms with van der Waals surface area (Å²) in [6, 6.07) is 5.40. The Morgan fingerprint density at radius 3 is 2.75 bits per heavy atom. The van der Waals surface area contributed by atoms with E-state index in [1.165, 1.54) is 0 Å². The third-order valence-electron chi connectivity index (χ3n) is 3.14. The Kier molecular flexibility index (Phi) is 8.83. The Labute approximate surface area is 126 Å². The highest BCUT2D eigenvalue weighted by atomic mass is 35.5. The van der Waals surface area contributed by atoms with Crippen LogP contribution in [-0.4, -0.2) is 25.8 Å². The molecule has 0 aliphatic heterocycles. The van der Waals surface area contributed by atoms with Crippen LogP contribution >= 0.6 is 11.6 Å². The maximum absolute atomic E-state index is 13.9. The highest BCUT2D eigenvalue weighted by Gasteiger charge is 2.13. The van der Waals surface area contributed by atoms with E-state index in [9.17, 15) is 4.39 Å². The van der Waals surface area contributed by atoms with Gasteiger partial charge >= 0.3 is 0 Å². The van der Waals surface area contributed by atoms with Crippen LogP contribution in [0.2, 0.25) is 5.02 Å². The van der Waals surface area contributed by atoms with Gasteiger partial charge in [-0.2, -0.15) is 0 Å². The highest BCUT2D eigenvalue weighted by Crippen LogP contribution is 2.19. The summed E-state index contributed by atoms with van der Waals surface area (Å²) in [5, 5.41) is 3.65. The van der Waals surface area contributed by atoms with Crippen LogP contribution in [-0.2, 0) is 11.2 Å². The number of halogens is 2. The highest BCUT2D eigenvalue weighted by molar-refractivity contribution is 6.30. The second kappa shape index (κ2) is 10.1. The quantitative estimate of drug-likeness (QED) is 0.654. The van der Waals surface area contributed by atoms with Crippen LogP contribution in [0.15, 0.2) is 18.2 Å². The van der Waals surface area contributed by atoms with Crippen molar-refractivity contribution in [2.45, 2.75) is 45.6 Å². The third kappa shape index (κ3) is 6.21. The van der Waals surface area contributed by atoms with Crippen LogP contribution in [0.1, 0.15) is 38.7 Å². The van der Waals surface area contributed by atoms with Crippen LogP contribution in [0, 0.1) is 5.82 Å². The van der Waals surface area contributed by atoms with Gasteiger partial charge in [0.15, 0.2) is 0 Å². The summed E-state index contributed by atoms with van der Waals surface area (Å²) >= 11 is 5.83. The Bertz CT molecular complexity index is 387. The molecule has 1 aromatic rings. The van der Waals surface area contributed by atoms with Gasteiger partial charge in [-0.25, -0.2) is 4.39 Å².